The topological polar surface area (TPSA) is 159 Å². The van der Waals surface area contributed by atoms with Crippen molar-refractivity contribution in [3.8, 4) is 0 Å². The first-order valence-electron chi connectivity index (χ1n) is 9.34. The number of unbranched alkanes of at least 4 members (excludes halogenated alkanes) is 2. The van der Waals surface area contributed by atoms with Crippen molar-refractivity contribution in [2.24, 2.45) is 11.5 Å². The number of hydrogen-bond acceptors (Lipinski definition) is 6. The molecule has 7 N–H and O–H groups in total. The van der Waals surface area contributed by atoms with Crippen LogP contribution in [-0.4, -0.2) is 70.7 Å². The van der Waals surface area contributed by atoms with Gasteiger partial charge in [0.2, 0.25) is 5.91 Å². The van der Waals surface area contributed by atoms with E-state index in [0.29, 0.717) is 64.6 Å². The van der Waals surface area contributed by atoms with Gasteiger partial charge in [-0.15, -0.1) is 0 Å². The summed E-state index contributed by atoms with van der Waals surface area (Å²) in [7, 11) is 0. The van der Waals surface area contributed by atoms with E-state index in [1.54, 1.807) is 0 Å². The van der Waals surface area contributed by atoms with Crippen LogP contribution in [0.5, 0.6) is 0 Å². The number of carboxylic acids is 2. The minimum absolute atomic E-state index is 0.336. The lowest BCUT2D eigenvalue weighted by Gasteiger charge is -2.29. The molecule has 1 amide bonds. The molecule has 3 atom stereocenters. The monoisotopic (exact) mass is 372 g/mol. The zero-order chi connectivity index (χ0) is 19.5. The van der Waals surface area contributed by atoms with Crippen LogP contribution in [-0.2, 0) is 14.4 Å². The average Bonchev–Trinajstić information content (AvgIpc) is 3.09. The zero-order valence-corrected chi connectivity index (χ0v) is 15.2. The summed E-state index contributed by atoms with van der Waals surface area (Å²) in [5, 5.41) is 21.7. The first-order chi connectivity index (χ1) is 12.4. The fourth-order valence-electron chi connectivity index (χ4n) is 3.27. The quantitative estimate of drug-likeness (QED) is 0.276. The van der Waals surface area contributed by atoms with E-state index in [1.165, 1.54) is 4.90 Å². The maximum Gasteiger partial charge on any atom is 0.326 e. The second-order valence-electron chi connectivity index (χ2n) is 6.71. The molecule has 1 fully saturated rings. The van der Waals surface area contributed by atoms with Crippen molar-refractivity contribution < 1.29 is 24.6 Å². The third-order valence-electron chi connectivity index (χ3n) is 4.71. The van der Waals surface area contributed by atoms with Gasteiger partial charge in [-0.1, -0.05) is 12.8 Å². The van der Waals surface area contributed by atoms with Gasteiger partial charge in [-0.2, -0.15) is 0 Å². The maximum atomic E-state index is 12.9. The highest BCUT2D eigenvalue weighted by atomic mass is 16.4. The molecule has 1 aliphatic rings. The van der Waals surface area contributed by atoms with E-state index >= 15 is 0 Å². The molecule has 0 radical (unpaired) electrons. The van der Waals surface area contributed by atoms with Crippen LogP contribution in [0, 0.1) is 0 Å². The molecule has 1 heterocycles. The summed E-state index contributed by atoms with van der Waals surface area (Å²) in [6.07, 6.45) is 4.61. The molecule has 0 saturated carbocycles. The Kier molecular flexibility index (Phi) is 10.2. The molecular weight excluding hydrogens is 340 g/mol. The van der Waals surface area contributed by atoms with Crippen molar-refractivity contribution in [2.75, 3.05) is 19.6 Å². The van der Waals surface area contributed by atoms with Gasteiger partial charge in [-0.05, 0) is 51.6 Å². The smallest absolute Gasteiger partial charge is 0.326 e. The number of nitrogens with one attached hydrogen (secondary N) is 1. The van der Waals surface area contributed by atoms with Gasteiger partial charge in [0.25, 0.3) is 0 Å². The number of carboxylic acid groups (broad SMARTS) is 2. The maximum absolute atomic E-state index is 12.9. The Morgan fingerprint density at radius 1 is 1.00 bits per heavy atom. The highest BCUT2D eigenvalue weighted by Crippen LogP contribution is 2.20. The molecule has 1 saturated heterocycles. The first kappa shape index (κ1) is 22.3. The molecule has 0 aromatic heterocycles. The predicted octanol–water partition coefficient (Wildman–Crippen LogP) is -0.269. The van der Waals surface area contributed by atoms with Crippen LogP contribution in [0.1, 0.15) is 51.4 Å². The number of carbonyl (C=O) groups excluding carboxylic acids is 1. The zero-order valence-electron chi connectivity index (χ0n) is 15.2. The molecule has 0 spiro atoms. The number of hydrogen-bond donors (Lipinski definition) is 5. The van der Waals surface area contributed by atoms with Crippen molar-refractivity contribution in [1.29, 1.82) is 0 Å². The number of likely N-dealkylation sites (tertiary alicyclic amines) is 1. The number of nitrogens with two attached hydrogens (primary N) is 2. The summed E-state index contributed by atoms with van der Waals surface area (Å²) >= 11 is 0. The van der Waals surface area contributed by atoms with Crippen LogP contribution in [0.3, 0.4) is 0 Å². The molecule has 1 rings (SSSR count). The Hall–Kier alpha value is -1.71. The fourth-order valence-corrected chi connectivity index (χ4v) is 3.27. The van der Waals surface area contributed by atoms with Gasteiger partial charge in [0.1, 0.15) is 12.1 Å². The van der Waals surface area contributed by atoms with Crippen LogP contribution in [0.2, 0.25) is 0 Å². The lowest BCUT2D eigenvalue weighted by molar-refractivity contribution is -0.149. The lowest BCUT2D eigenvalue weighted by atomic mass is 10.0. The fraction of sp³-hybridized carbons (Fsp3) is 0.824. The molecular formula is C17H32N4O5. The van der Waals surface area contributed by atoms with E-state index in [-0.39, 0.29) is 5.91 Å². The number of rotatable bonds is 13. The summed E-state index contributed by atoms with van der Waals surface area (Å²) in [5.41, 5.74) is 11.0. The van der Waals surface area contributed by atoms with Crippen LogP contribution >= 0.6 is 0 Å². The second kappa shape index (κ2) is 11.8. The summed E-state index contributed by atoms with van der Waals surface area (Å²) < 4.78 is 0. The highest BCUT2D eigenvalue weighted by Gasteiger charge is 2.38. The van der Waals surface area contributed by atoms with Crippen molar-refractivity contribution in [1.82, 2.24) is 10.2 Å². The molecule has 9 heteroatoms. The molecule has 0 aromatic carbocycles. The van der Waals surface area contributed by atoms with Gasteiger partial charge in [0.05, 0.1) is 6.04 Å². The Morgan fingerprint density at radius 3 is 2.08 bits per heavy atom. The largest absolute Gasteiger partial charge is 0.480 e. The highest BCUT2D eigenvalue weighted by molar-refractivity contribution is 5.88. The predicted molar refractivity (Wildman–Crippen MR) is 96.5 cm³/mol. The number of carbonyl (C=O) groups is 3. The minimum Gasteiger partial charge on any atom is -0.480 e. The molecule has 9 nitrogen and oxygen atoms in total. The van der Waals surface area contributed by atoms with Gasteiger partial charge >= 0.3 is 11.9 Å². The van der Waals surface area contributed by atoms with E-state index in [2.05, 4.69) is 5.32 Å². The Bertz CT molecular complexity index is 474. The third kappa shape index (κ3) is 6.89. The van der Waals surface area contributed by atoms with Crippen LogP contribution in [0.25, 0.3) is 0 Å². The second-order valence-corrected chi connectivity index (χ2v) is 6.71. The van der Waals surface area contributed by atoms with Gasteiger partial charge in [0.15, 0.2) is 0 Å². The van der Waals surface area contributed by atoms with Crippen molar-refractivity contribution in [3.63, 3.8) is 0 Å². The van der Waals surface area contributed by atoms with Crippen molar-refractivity contribution in [3.05, 3.63) is 0 Å². The Morgan fingerprint density at radius 2 is 1.58 bits per heavy atom. The first-order valence-corrected chi connectivity index (χ1v) is 9.34. The van der Waals surface area contributed by atoms with Crippen LogP contribution in [0.4, 0.5) is 0 Å². The molecule has 1 aliphatic heterocycles. The molecule has 0 aromatic rings. The van der Waals surface area contributed by atoms with Gasteiger partial charge < -0.3 is 26.6 Å². The minimum atomic E-state index is -1.02. The lowest BCUT2D eigenvalue weighted by Crippen LogP contribution is -2.54. The molecule has 150 valence electrons. The van der Waals surface area contributed by atoms with E-state index in [4.69, 9.17) is 11.5 Å². The Labute approximate surface area is 154 Å². The summed E-state index contributed by atoms with van der Waals surface area (Å²) in [4.78, 5) is 37.2. The van der Waals surface area contributed by atoms with Gasteiger partial charge in [-0.3, -0.25) is 14.9 Å². The normalized spacial score (nSPS) is 19.3. The third-order valence-corrected chi connectivity index (χ3v) is 4.71. The van der Waals surface area contributed by atoms with Crippen LogP contribution in [0.15, 0.2) is 0 Å². The Balaban J connectivity index is 2.82. The standard InChI is InChI=1S/C17H32N4O5/c18-9-3-1-6-12(20-13(16(23)24)7-2-4-10-19)15(22)21-11-5-8-14(21)17(25)26/h12-14,20H,1-11,18-19H2,(H,23,24)(H,25,26)/t12-,13-,14-/m0/s1. The van der Waals surface area contributed by atoms with Gasteiger partial charge in [-0.25, -0.2) is 4.79 Å². The summed E-state index contributed by atoms with van der Waals surface area (Å²) in [5.74, 6) is -2.37. The SMILES string of the molecule is NCCCC[C@H](N[C@@H](CCCCN)C(=O)N1CCC[C@H]1C(=O)O)C(=O)O. The van der Waals surface area contributed by atoms with Crippen LogP contribution < -0.4 is 16.8 Å². The molecule has 0 aliphatic carbocycles. The average molecular weight is 372 g/mol. The molecule has 26 heavy (non-hydrogen) atoms. The van der Waals surface area contributed by atoms with E-state index in [0.717, 1.165) is 6.42 Å². The number of amides is 1. The summed E-state index contributed by atoms with van der Waals surface area (Å²) in [6.45, 7) is 1.36. The van der Waals surface area contributed by atoms with E-state index in [9.17, 15) is 24.6 Å². The summed E-state index contributed by atoms with van der Waals surface area (Å²) in [6, 6.07) is -2.42. The van der Waals surface area contributed by atoms with Crippen molar-refractivity contribution >= 4 is 17.8 Å². The van der Waals surface area contributed by atoms with E-state index in [1.807, 2.05) is 0 Å². The van der Waals surface area contributed by atoms with Gasteiger partial charge in [0, 0.05) is 6.54 Å². The molecule has 0 bridgehead atoms. The number of nitrogens with zero attached hydrogens (tertiary/aromatic N) is 1. The number of aliphatic carboxylic acids is 2. The molecule has 0 unspecified atom stereocenters. The van der Waals surface area contributed by atoms with E-state index < -0.39 is 30.1 Å². The van der Waals surface area contributed by atoms with Crippen molar-refractivity contribution in [2.45, 2.75) is 69.5 Å².